The highest BCUT2D eigenvalue weighted by atomic mass is 32.2. The molecule has 0 radical (unpaired) electrons. The minimum Gasteiger partial charge on any atom is -0.339 e. The number of hydrogen-bond donors (Lipinski definition) is 0. The average Bonchev–Trinajstić information content (AvgIpc) is 3.15. The van der Waals surface area contributed by atoms with Crippen molar-refractivity contribution in [3.05, 3.63) is 77.1 Å². The van der Waals surface area contributed by atoms with Gasteiger partial charge in [-0.1, -0.05) is 42.1 Å². The van der Waals surface area contributed by atoms with Crippen molar-refractivity contribution in [2.24, 2.45) is 7.05 Å². The van der Waals surface area contributed by atoms with E-state index in [1.54, 1.807) is 16.7 Å². The van der Waals surface area contributed by atoms with Crippen LogP contribution in [-0.2, 0) is 12.8 Å². The topological polar surface area (TPSA) is 51.0 Å². The summed E-state index contributed by atoms with van der Waals surface area (Å²) in [7, 11) is 1.97. The van der Waals surface area contributed by atoms with E-state index >= 15 is 0 Å². The maximum atomic E-state index is 13.4. The van der Waals surface area contributed by atoms with Gasteiger partial charge in [0, 0.05) is 37.4 Å². The van der Waals surface area contributed by atoms with E-state index in [-0.39, 0.29) is 17.4 Å². The highest BCUT2D eigenvalue weighted by Crippen LogP contribution is 2.30. The van der Waals surface area contributed by atoms with Gasteiger partial charge in [-0.3, -0.25) is 4.79 Å². The van der Waals surface area contributed by atoms with Crippen LogP contribution in [-0.4, -0.2) is 38.7 Å². The molecular formula is C22H22F2N4OS. The van der Waals surface area contributed by atoms with Gasteiger partial charge in [-0.2, -0.15) is 0 Å². The van der Waals surface area contributed by atoms with Crippen LogP contribution in [0, 0.1) is 11.6 Å². The van der Waals surface area contributed by atoms with Crippen LogP contribution in [0.4, 0.5) is 8.78 Å². The molecule has 8 heteroatoms. The summed E-state index contributed by atoms with van der Waals surface area (Å²) in [6, 6.07) is 13.5. The Bertz CT molecular complexity index is 1030. The Hall–Kier alpha value is -2.74. The fourth-order valence-corrected chi connectivity index (χ4v) is 4.56. The summed E-state index contributed by atoms with van der Waals surface area (Å²) in [5.74, 6) is -0.269. The number of halogens is 2. The van der Waals surface area contributed by atoms with Crippen molar-refractivity contribution in [1.82, 2.24) is 19.7 Å². The zero-order valence-corrected chi connectivity index (χ0v) is 17.4. The number of nitrogens with zero attached hydrogens (tertiary/aromatic N) is 4. The third-order valence-electron chi connectivity index (χ3n) is 5.39. The van der Waals surface area contributed by atoms with E-state index in [9.17, 15) is 13.6 Å². The first-order valence-electron chi connectivity index (χ1n) is 9.83. The molecule has 0 atom stereocenters. The molecular weight excluding hydrogens is 406 g/mol. The zero-order chi connectivity index (χ0) is 21.1. The van der Waals surface area contributed by atoms with Crippen molar-refractivity contribution in [2.75, 3.05) is 13.1 Å². The summed E-state index contributed by atoms with van der Waals surface area (Å²) in [5, 5.41) is 9.61. The molecule has 0 bridgehead atoms. The van der Waals surface area contributed by atoms with E-state index in [0.717, 1.165) is 41.7 Å². The monoisotopic (exact) mass is 428 g/mol. The molecule has 2 aromatic carbocycles. The maximum absolute atomic E-state index is 13.4. The first-order chi connectivity index (χ1) is 14.5. The number of hydrogen-bond acceptors (Lipinski definition) is 4. The molecule has 0 spiro atoms. The Kier molecular flexibility index (Phi) is 6.13. The number of piperidine rings is 1. The number of rotatable bonds is 5. The molecule has 1 aromatic heterocycles. The first kappa shape index (κ1) is 20.5. The van der Waals surface area contributed by atoms with Gasteiger partial charge in [-0.15, -0.1) is 10.2 Å². The van der Waals surface area contributed by atoms with Gasteiger partial charge in [0.2, 0.25) is 0 Å². The van der Waals surface area contributed by atoms with E-state index < -0.39 is 11.6 Å². The number of likely N-dealkylation sites (tertiary alicyclic amines) is 1. The van der Waals surface area contributed by atoms with E-state index in [4.69, 9.17) is 0 Å². The molecule has 1 fully saturated rings. The van der Waals surface area contributed by atoms with Gasteiger partial charge < -0.3 is 9.47 Å². The second kappa shape index (κ2) is 8.95. The minimum atomic E-state index is -1.00. The lowest BCUT2D eigenvalue weighted by atomic mass is 9.95. The molecule has 3 aromatic rings. The van der Waals surface area contributed by atoms with Crippen molar-refractivity contribution in [3.63, 3.8) is 0 Å². The molecule has 1 aliphatic rings. The lowest BCUT2D eigenvalue weighted by Gasteiger charge is -2.31. The average molecular weight is 429 g/mol. The molecule has 4 rings (SSSR count). The smallest absolute Gasteiger partial charge is 0.253 e. The van der Waals surface area contributed by atoms with Crippen LogP contribution < -0.4 is 0 Å². The van der Waals surface area contributed by atoms with Gasteiger partial charge >= 0.3 is 0 Å². The minimum absolute atomic E-state index is 0.172. The SMILES string of the molecule is Cn1c(SCc2ccccc2)nnc1C1CCN(C(=O)c2ccc(F)c(F)c2)CC1. The van der Waals surface area contributed by atoms with Crippen LogP contribution in [0.3, 0.4) is 0 Å². The van der Waals surface area contributed by atoms with Crippen LogP contribution in [0.25, 0.3) is 0 Å². The first-order valence-corrected chi connectivity index (χ1v) is 10.8. The van der Waals surface area contributed by atoms with Gasteiger partial charge in [0.1, 0.15) is 5.82 Å². The summed E-state index contributed by atoms with van der Waals surface area (Å²) in [6.07, 6.45) is 1.51. The molecule has 0 unspecified atom stereocenters. The third-order valence-corrected chi connectivity index (χ3v) is 6.48. The molecule has 0 saturated carbocycles. The van der Waals surface area contributed by atoms with Gasteiger partial charge in [-0.25, -0.2) is 8.78 Å². The fourth-order valence-electron chi connectivity index (χ4n) is 3.68. The normalized spacial score (nSPS) is 14.8. The van der Waals surface area contributed by atoms with Crippen molar-refractivity contribution in [2.45, 2.75) is 29.7 Å². The second-order valence-electron chi connectivity index (χ2n) is 7.37. The molecule has 156 valence electrons. The van der Waals surface area contributed by atoms with Crippen LogP contribution in [0.15, 0.2) is 53.7 Å². The molecule has 5 nitrogen and oxygen atoms in total. The Morgan fingerprint density at radius 2 is 1.80 bits per heavy atom. The predicted molar refractivity (Wildman–Crippen MR) is 111 cm³/mol. The van der Waals surface area contributed by atoms with Crippen LogP contribution >= 0.6 is 11.8 Å². The van der Waals surface area contributed by atoms with E-state index in [0.29, 0.717) is 13.1 Å². The van der Waals surface area contributed by atoms with Crippen molar-refractivity contribution in [3.8, 4) is 0 Å². The third kappa shape index (κ3) is 4.38. The molecule has 0 N–H and O–H groups in total. The number of amides is 1. The number of thioether (sulfide) groups is 1. The van der Waals surface area contributed by atoms with Gasteiger partial charge in [0.05, 0.1) is 0 Å². The lowest BCUT2D eigenvalue weighted by Crippen LogP contribution is -2.38. The Morgan fingerprint density at radius 3 is 2.50 bits per heavy atom. The molecule has 2 heterocycles. The zero-order valence-electron chi connectivity index (χ0n) is 16.6. The van der Waals surface area contributed by atoms with E-state index in [1.807, 2.05) is 29.8 Å². The summed E-state index contributed by atoms with van der Waals surface area (Å²) < 4.78 is 28.6. The Balaban J connectivity index is 1.36. The summed E-state index contributed by atoms with van der Waals surface area (Å²) in [4.78, 5) is 14.3. The Morgan fingerprint density at radius 1 is 1.07 bits per heavy atom. The summed E-state index contributed by atoms with van der Waals surface area (Å²) in [6.45, 7) is 1.09. The quantitative estimate of drug-likeness (QED) is 0.565. The van der Waals surface area contributed by atoms with Gasteiger partial charge in [0.25, 0.3) is 5.91 Å². The van der Waals surface area contributed by atoms with Crippen molar-refractivity contribution >= 4 is 17.7 Å². The van der Waals surface area contributed by atoms with Gasteiger partial charge in [-0.05, 0) is 36.6 Å². The summed E-state index contributed by atoms with van der Waals surface area (Å²) >= 11 is 1.65. The molecule has 1 amide bonds. The van der Waals surface area contributed by atoms with Crippen LogP contribution in [0.2, 0.25) is 0 Å². The number of aromatic nitrogens is 3. The van der Waals surface area contributed by atoms with Gasteiger partial charge in [0.15, 0.2) is 16.8 Å². The number of benzene rings is 2. The van der Waals surface area contributed by atoms with Crippen LogP contribution in [0.1, 0.15) is 40.5 Å². The van der Waals surface area contributed by atoms with Crippen molar-refractivity contribution < 1.29 is 13.6 Å². The van der Waals surface area contributed by atoms with Crippen molar-refractivity contribution in [1.29, 1.82) is 0 Å². The maximum Gasteiger partial charge on any atom is 0.253 e. The highest BCUT2D eigenvalue weighted by molar-refractivity contribution is 7.98. The Labute approximate surface area is 178 Å². The standard InChI is InChI=1S/C22H22F2N4OS/c1-27-20(25-26-22(27)30-14-15-5-3-2-4-6-15)16-9-11-28(12-10-16)21(29)17-7-8-18(23)19(24)13-17/h2-8,13,16H,9-12,14H2,1H3. The fraction of sp³-hybridized carbons (Fsp3) is 0.318. The largest absolute Gasteiger partial charge is 0.339 e. The van der Waals surface area contributed by atoms with E-state index in [1.165, 1.54) is 11.6 Å². The summed E-state index contributed by atoms with van der Waals surface area (Å²) in [5.41, 5.74) is 1.40. The second-order valence-corrected chi connectivity index (χ2v) is 8.31. The number of carbonyl (C=O) groups is 1. The van der Waals surface area contributed by atoms with Crippen LogP contribution in [0.5, 0.6) is 0 Å². The molecule has 1 saturated heterocycles. The van der Waals surface area contributed by atoms with E-state index in [2.05, 4.69) is 22.3 Å². The lowest BCUT2D eigenvalue weighted by molar-refractivity contribution is 0.0709. The highest BCUT2D eigenvalue weighted by Gasteiger charge is 2.28. The molecule has 30 heavy (non-hydrogen) atoms. The molecule has 1 aliphatic heterocycles. The number of carbonyl (C=O) groups excluding carboxylic acids is 1. The molecule has 0 aliphatic carbocycles. The predicted octanol–water partition coefficient (Wildman–Crippen LogP) is 4.41.